The molecule has 2 aromatic rings. The van der Waals surface area contributed by atoms with Crippen LogP contribution in [0.3, 0.4) is 0 Å². The Morgan fingerprint density at radius 3 is 1.75 bits per heavy atom. The molecule has 0 saturated carbocycles. The van der Waals surface area contributed by atoms with Crippen LogP contribution in [0.25, 0.3) is 11.1 Å². The van der Waals surface area contributed by atoms with E-state index in [0.717, 1.165) is 46.4 Å². The Morgan fingerprint density at radius 1 is 0.750 bits per heavy atom. The first-order chi connectivity index (χ1) is 21.5. The zero-order valence-corrected chi connectivity index (χ0v) is 26.8. The second-order valence-electron chi connectivity index (χ2n) is 12.2. The Morgan fingerprint density at radius 2 is 1.25 bits per heavy atom. The Bertz CT molecular complexity index is 1120. The monoisotopic (exact) mass is 606 g/mol. The van der Waals surface area contributed by atoms with Gasteiger partial charge in [-0.15, -0.1) is 0 Å². The first kappa shape index (κ1) is 35.3. The van der Waals surface area contributed by atoms with Crippen LogP contribution in [0, 0.1) is 0 Å². The Kier molecular flexibility index (Phi) is 16.0. The van der Waals surface area contributed by atoms with Gasteiger partial charge in [0.15, 0.2) is 0 Å². The van der Waals surface area contributed by atoms with Crippen molar-refractivity contribution in [1.29, 1.82) is 0 Å². The molecular weight excluding hydrogens is 552 g/mol. The quantitative estimate of drug-likeness (QED) is 0.130. The SMILES string of the molecule is CCCCCCCCCCCCCCCC(=O)N(C(=O)OCC1c2ccccc2-c2ccccc21)[C@@H](CCCCN)C(=O)O. The number of benzene rings is 2. The van der Waals surface area contributed by atoms with Gasteiger partial charge in [0, 0.05) is 12.3 Å². The molecule has 0 aromatic heterocycles. The number of nitrogens with zero attached hydrogens (tertiary/aromatic N) is 1. The number of carbonyl (C=O) groups excluding carboxylic acids is 2. The molecule has 0 fully saturated rings. The molecule has 3 rings (SSSR count). The second kappa shape index (κ2) is 20.0. The number of hydrogen-bond donors (Lipinski definition) is 2. The fraction of sp³-hybridized carbons (Fsp3) is 0.595. The summed E-state index contributed by atoms with van der Waals surface area (Å²) in [6, 6.07) is 14.8. The van der Waals surface area contributed by atoms with E-state index >= 15 is 0 Å². The smallest absolute Gasteiger partial charge is 0.417 e. The lowest BCUT2D eigenvalue weighted by molar-refractivity contribution is -0.149. The highest BCUT2D eigenvalue weighted by molar-refractivity contribution is 5.96. The van der Waals surface area contributed by atoms with Gasteiger partial charge in [0.1, 0.15) is 12.6 Å². The van der Waals surface area contributed by atoms with Crippen molar-refractivity contribution in [3.63, 3.8) is 0 Å². The van der Waals surface area contributed by atoms with E-state index < -0.39 is 24.0 Å². The van der Waals surface area contributed by atoms with E-state index in [-0.39, 0.29) is 25.4 Å². The fourth-order valence-corrected chi connectivity index (χ4v) is 6.33. The largest absolute Gasteiger partial charge is 0.480 e. The Labute approximate surface area is 264 Å². The lowest BCUT2D eigenvalue weighted by atomic mass is 9.98. The molecule has 0 saturated heterocycles. The average molecular weight is 607 g/mol. The van der Waals surface area contributed by atoms with Gasteiger partial charge in [-0.05, 0) is 54.5 Å². The summed E-state index contributed by atoms with van der Waals surface area (Å²) in [6.07, 6.45) is 16.0. The Hall–Kier alpha value is -3.19. The molecule has 2 amide bonds. The molecule has 0 heterocycles. The van der Waals surface area contributed by atoms with Gasteiger partial charge in [0.25, 0.3) is 0 Å². The fourth-order valence-electron chi connectivity index (χ4n) is 6.33. The molecule has 0 aliphatic heterocycles. The van der Waals surface area contributed by atoms with Crippen molar-refractivity contribution in [2.45, 2.75) is 128 Å². The van der Waals surface area contributed by atoms with Gasteiger partial charge in [0.05, 0.1) is 0 Å². The standard InChI is InChI=1S/C37H54N2O5/c1-2-3-4-5-6-7-8-9-10-11-12-13-14-26-35(40)39(34(36(41)42)25-19-20-27-38)37(43)44-28-33-31-23-17-15-21-29(31)30-22-16-18-24-32(30)33/h15-18,21-24,33-34H,2-14,19-20,25-28,38H2,1H3,(H,41,42)/t34-/m0/s1. The van der Waals surface area contributed by atoms with E-state index in [4.69, 9.17) is 10.5 Å². The summed E-state index contributed by atoms with van der Waals surface area (Å²) in [7, 11) is 0. The van der Waals surface area contributed by atoms with Crippen molar-refractivity contribution in [2.75, 3.05) is 13.2 Å². The number of fused-ring (bicyclic) bond motifs is 3. The van der Waals surface area contributed by atoms with Crippen molar-refractivity contribution < 1.29 is 24.2 Å². The lowest BCUT2D eigenvalue weighted by Crippen LogP contribution is -2.49. The highest BCUT2D eigenvalue weighted by Gasteiger charge is 2.36. The molecule has 7 nitrogen and oxygen atoms in total. The molecule has 0 radical (unpaired) electrons. The van der Waals surface area contributed by atoms with Crippen molar-refractivity contribution in [3.8, 4) is 11.1 Å². The first-order valence-electron chi connectivity index (χ1n) is 17.1. The highest BCUT2D eigenvalue weighted by atomic mass is 16.6. The van der Waals surface area contributed by atoms with E-state index in [1.807, 2.05) is 36.4 Å². The molecule has 1 aliphatic carbocycles. The topological polar surface area (TPSA) is 110 Å². The minimum absolute atomic E-state index is 0.0323. The molecule has 3 N–H and O–H groups in total. The van der Waals surface area contributed by atoms with E-state index in [2.05, 4.69) is 19.1 Å². The molecule has 1 aliphatic rings. The number of carboxylic acids is 1. The maximum atomic E-state index is 13.5. The zero-order valence-electron chi connectivity index (χ0n) is 26.8. The molecule has 0 spiro atoms. The number of unbranched alkanes of at least 4 members (excludes halogenated alkanes) is 13. The van der Waals surface area contributed by atoms with Crippen LogP contribution in [0.1, 0.15) is 133 Å². The summed E-state index contributed by atoms with van der Waals surface area (Å²) in [6.45, 7) is 2.70. The van der Waals surface area contributed by atoms with Crippen LogP contribution < -0.4 is 5.73 Å². The molecule has 7 heteroatoms. The molecule has 0 bridgehead atoms. The number of carbonyl (C=O) groups is 3. The maximum absolute atomic E-state index is 13.5. The molecule has 44 heavy (non-hydrogen) atoms. The molecular formula is C37H54N2O5. The molecule has 242 valence electrons. The predicted octanol–water partition coefficient (Wildman–Crippen LogP) is 8.83. The van der Waals surface area contributed by atoms with Gasteiger partial charge in [-0.2, -0.15) is 0 Å². The number of amides is 2. The number of ether oxygens (including phenoxy) is 1. The molecule has 2 aromatic carbocycles. The van der Waals surface area contributed by atoms with E-state index in [1.54, 1.807) is 0 Å². The summed E-state index contributed by atoms with van der Waals surface area (Å²) in [4.78, 5) is 40.0. The summed E-state index contributed by atoms with van der Waals surface area (Å²) < 4.78 is 5.76. The number of rotatable bonds is 22. The average Bonchev–Trinajstić information content (AvgIpc) is 3.35. The number of aliphatic carboxylic acids is 1. The van der Waals surface area contributed by atoms with E-state index in [9.17, 15) is 19.5 Å². The van der Waals surface area contributed by atoms with Crippen molar-refractivity contribution in [2.24, 2.45) is 5.73 Å². The van der Waals surface area contributed by atoms with Crippen LogP contribution in [0.5, 0.6) is 0 Å². The third-order valence-corrected chi connectivity index (χ3v) is 8.82. The maximum Gasteiger partial charge on any atom is 0.417 e. The van der Waals surface area contributed by atoms with Gasteiger partial charge < -0.3 is 15.6 Å². The van der Waals surface area contributed by atoms with Crippen molar-refractivity contribution >= 4 is 18.0 Å². The molecule has 1 atom stereocenters. The van der Waals surface area contributed by atoms with Gasteiger partial charge in [-0.25, -0.2) is 14.5 Å². The normalized spacial score (nSPS) is 12.9. The van der Waals surface area contributed by atoms with Gasteiger partial charge in [0.2, 0.25) is 5.91 Å². The number of nitrogens with two attached hydrogens (primary N) is 1. The van der Waals surface area contributed by atoms with E-state index in [0.29, 0.717) is 25.8 Å². The third-order valence-electron chi connectivity index (χ3n) is 8.82. The van der Waals surface area contributed by atoms with E-state index in [1.165, 1.54) is 57.8 Å². The minimum Gasteiger partial charge on any atom is -0.480 e. The number of carboxylic acid groups (broad SMARTS) is 1. The number of hydrogen-bond acceptors (Lipinski definition) is 5. The predicted molar refractivity (Wildman–Crippen MR) is 177 cm³/mol. The number of imide groups is 1. The van der Waals surface area contributed by atoms with Crippen LogP contribution in [0.2, 0.25) is 0 Å². The third kappa shape index (κ3) is 10.8. The van der Waals surface area contributed by atoms with Crippen LogP contribution >= 0.6 is 0 Å². The summed E-state index contributed by atoms with van der Waals surface area (Å²) in [5.74, 6) is -1.86. The van der Waals surface area contributed by atoms with Gasteiger partial charge in [-0.1, -0.05) is 133 Å². The summed E-state index contributed by atoms with van der Waals surface area (Å²) >= 11 is 0. The minimum atomic E-state index is -1.27. The van der Waals surface area contributed by atoms with Crippen LogP contribution in [-0.2, 0) is 14.3 Å². The summed E-state index contributed by atoms with van der Waals surface area (Å²) in [5.41, 5.74) is 9.95. The lowest BCUT2D eigenvalue weighted by Gasteiger charge is -2.27. The Balaban J connectivity index is 1.52. The van der Waals surface area contributed by atoms with Crippen LogP contribution in [0.15, 0.2) is 48.5 Å². The summed E-state index contributed by atoms with van der Waals surface area (Å²) in [5, 5.41) is 10.0. The molecule has 0 unspecified atom stereocenters. The van der Waals surface area contributed by atoms with Crippen LogP contribution in [0.4, 0.5) is 4.79 Å². The second-order valence-corrected chi connectivity index (χ2v) is 12.2. The van der Waals surface area contributed by atoms with Gasteiger partial charge in [-0.3, -0.25) is 4.79 Å². The zero-order chi connectivity index (χ0) is 31.6. The first-order valence-corrected chi connectivity index (χ1v) is 17.1. The highest BCUT2D eigenvalue weighted by Crippen LogP contribution is 2.44. The van der Waals surface area contributed by atoms with Crippen LogP contribution in [-0.4, -0.2) is 47.2 Å². The van der Waals surface area contributed by atoms with Gasteiger partial charge >= 0.3 is 12.1 Å². The van der Waals surface area contributed by atoms with Crippen molar-refractivity contribution in [3.05, 3.63) is 59.7 Å². The van der Waals surface area contributed by atoms with Crippen molar-refractivity contribution in [1.82, 2.24) is 4.90 Å².